The van der Waals surface area contributed by atoms with E-state index in [4.69, 9.17) is 0 Å². The molecule has 2 rings (SSSR count). The topological polar surface area (TPSA) is 50.7 Å². The van der Waals surface area contributed by atoms with Crippen LogP contribution in [0.25, 0.3) is 0 Å². The third-order valence-electron chi connectivity index (χ3n) is 2.56. The molecular weight excluding hydrogens is 312 g/mol. The average Bonchev–Trinajstić information content (AvgIpc) is 2.90. The molecule has 0 aromatic carbocycles. The number of aromatic nitrogens is 3. The molecule has 0 spiro atoms. The van der Waals surface area contributed by atoms with Gasteiger partial charge < -0.3 is 5.32 Å². The normalized spacial score (nSPS) is 12.6. The zero-order chi connectivity index (χ0) is 12.8. The molecule has 18 heavy (non-hydrogen) atoms. The van der Waals surface area contributed by atoms with E-state index in [0.29, 0.717) is 0 Å². The van der Waals surface area contributed by atoms with E-state index >= 15 is 0 Å². The van der Waals surface area contributed by atoms with Gasteiger partial charge in [0.05, 0.1) is 17.1 Å². The largest absolute Gasteiger partial charge is 0.309 e. The quantitative estimate of drug-likeness (QED) is 0.886. The summed E-state index contributed by atoms with van der Waals surface area (Å²) in [6.45, 7) is 3.14. The van der Waals surface area contributed by atoms with Crippen LogP contribution in [0.15, 0.2) is 29.0 Å². The number of pyridine rings is 1. The van der Waals surface area contributed by atoms with Crippen LogP contribution in [0.5, 0.6) is 0 Å². The van der Waals surface area contributed by atoms with Gasteiger partial charge in [0, 0.05) is 22.8 Å². The van der Waals surface area contributed by atoms with E-state index in [0.717, 1.165) is 34.4 Å². The van der Waals surface area contributed by atoms with Crippen LogP contribution in [0.2, 0.25) is 0 Å². The third-order valence-corrected chi connectivity index (χ3v) is 3.81. The van der Waals surface area contributed by atoms with Gasteiger partial charge in [-0.05, 0) is 52.6 Å². The van der Waals surface area contributed by atoms with Gasteiger partial charge in [-0.1, -0.05) is 11.4 Å². The summed E-state index contributed by atoms with van der Waals surface area (Å²) in [6.07, 6.45) is 5.63. The number of hydrogen-bond donors (Lipinski definition) is 1. The summed E-state index contributed by atoms with van der Waals surface area (Å²) >= 11 is 4.84. The number of halogens is 1. The van der Waals surface area contributed by atoms with Crippen molar-refractivity contribution < 1.29 is 0 Å². The van der Waals surface area contributed by atoms with Gasteiger partial charge in [0.25, 0.3) is 0 Å². The molecule has 0 bridgehead atoms. The summed E-state index contributed by atoms with van der Waals surface area (Å²) < 4.78 is 4.93. The highest BCUT2D eigenvalue weighted by Crippen LogP contribution is 2.20. The second-order valence-electron chi connectivity index (χ2n) is 4.00. The van der Waals surface area contributed by atoms with Crippen LogP contribution in [0.3, 0.4) is 0 Å². The summed E-state index contributed by atoms with van der Waals surface area (Å²) in [5, 5.41) is 7.42. The molecule has 0 aliphatic heterocycles. The fourth-order valence-corrected chi connectivity index (χ4v) is 2.47. The van der Waals surface area contributed by atoms with Crippen molar-refractivity contribution in [1.82, 2.24) is 19.9 Å². The Morgan fingerprint density at radius 3 is 2.89 bits per heavy atom. The first-order valence-corrected chi connectivity index (χ1v) is 7.47. The Bertz CT molecular complexity index is 457. The predicted molar refractivity (Wildman–Crippen MR) is 76.6 cm³/mol. The lowest BCUT2D eigenvalue weighted by Crippen LogP contribution is -2.23. The van der Waals surface area contributed by atoms with Gasteiger partial charge in [0.15, 0.2) is 0 Å². The number of nitrogens with zero attached hydrogens (tertiary/aromatic N) is 3. The van der Waals surface area contributed by atoms with Crippen molar-refractivity contribution >= 4 is 27.5 Å². The Kier molecular flexibility index (Phi) is 5.22. The Morgan fingerprint density at radius 1 is 1.39 bits per heavy atom. The average molecular weight is 327 g/mol. The van der Waals surface area contributed by atoms with Gasteiger partial charge in [-0.25, -0.2) is 0 Å². The van der Waals surface area contributed by atoms with Gasteiger partial charge >= 0.3 is 0 Å². The van der Waals surface area contributed by atoms with Crippen LogP contribution in [-0.4, -0.2) is 21.1 Å². The van der Waals surface area contributed by atoms with Crippen molar-refractivity contribution in [1.29, 1.82) is 0 Å². The molecule has 2 aromatic heterocycles. The fraction of sp³-hybridized carbons (Fsp3) is 0.417. The minimum absolute atomic E-state index is 0.249. The number of nitrogens with one attached hydrogen (secondary N) is 1. The highest BCUT2D eigenvalue weighted by Gasteiger charge is 2.14. The van der Waals surface area contributed by atoms with E-state index in [1.807, 2.05) is 24.5 Å². The van der Waals surface area contributed by atoms with Crippen LogP contribution < -0.4 is 5.32 Å². The first kappa shape index (κ1) is 13.6. The smallest absolute Gasteiger partial charge is 0.0669 e. The van der Waals surface area contributed by atoms with E-state index in [2.05, 4.69) is 42.7 Å². The highest BCUT2D eigenvalue weighted by molar-refractivity contribution is 9.10. The molecule has 2 aromatic rings. The second kappa shape index (κ2) is 6.92. The molecule has 0 amide bonds. The molecule has 1 atom stereocenters. The maximum atomic E-state index is 4.41. The molecule has 1 unspecified atom stereocenters. The van der Waals surface area contributed by atoms with E-state index in [9.17, 15) is 0 Å². The van der Waals surface area contributed by atoms with Crippen LogP contribution >= 0.6 is 27.5 Å². The van der Waals surface area contributed by atoms with Crippen molar-refractivity contribution in [2.45, 2.75) is 25.8 Å². The molecule has 0 aliphatic rings. The summed E-state index contributed by atoms with van der Waals surface area (Å²) in [7, 11) is 0. The van der Waals surface area contributed by atoms with Crippen molar-refractivity contribution in [3.8, 4) is 0 Å². The maximum absolute atomic E-state index is 4.41. The summed E-state index contributed by atoms with van der Waals surface area (Å²) in [5.74, 6) is 0. The lowest BCUT2D eigenvalue weighted by Gasteiger charge is -2.15. The van der Waals surface area contributed by atoms with Crippen molar-refractivity contribution in [2.24, 2.45) is 0 Å². The first-order valence-electron chi connectivity index (χ1n) is 5.90. The van der Waals surface area contributed by atoms with Gasteiger partial charge in [0.1, 0.15) is 0 Å². The molecule has 1 N–H and O–H groups in total. The third kappa shape index (κ3) is 3.83. The van der Waals surface area contributed by atoms with Crippen LogP contribution in [-0.2, 0) is 6.42 Å². The maximum Gasteiger partial charge on any atom is 0.0669 e. The van der Waals surface area contributed by atoms with Crippen molar-refractivity contribution in [3.63, 3.8) is 0 Å². The number of rotatable bonds is 6. The first-order chi connectivity index (χ1) is 8.79. The van der Waals surface area contributed by atoms with E-state index in [1.54, 1.807) is 0 Å². The summed E-state index contributed by atoms with van der Waals surface area (Å²) in [4.78, 5) is 5.57. The molecule has 0 aliphatic carbocycles. The Hall–Kier alpha value is -0.850. The molecule has 0 saturated carbocycles. The molecule has 4 nitrogen and oxygen atoms in total. The molecule has 2 heterocycles. The summed E-state index contributed by atoms with van der Waals surface area (Å²) in [5.41, 5.74) is 1.07. The Morgan fingerprint density at radius 2 is 2.28 bits per heavy atom. The number of hydrogen-bond acceptors (Lipinski definition) is 5. The van der Waals surface area contributed by atoms with Crippen molar-refractivity contribution in [3.05, 3.63) is 39.6 Å². The minimum Gasteiger partial charge on any atom is -0.309 e. The Labute approximate surface area is 119 Å². The second-order valence-corrected chi connectivity index (χ2v) is 5.73. The van der Waals surface area contributed by atoms with E-state index < -0.39 is 0 Å². The Balaban J connectivity index is 2.07. The molecule has 6 heteroatoms. The fourth-order valence-electron chi connectivity index (χ4n) is 1.66. The predicted octanol–water partition coefficient (Wildman–Crippen LogP) is 2.98. The van der Waals surface area contributed by atoms with Crippen LogP contribution in [0.1, 0.15) is 30.0 Å². The molecule has 0 fully saturated rings. The van der Waals surface area contributed by atoms with E-state index in [-0.39, 0.29) is 6.04 Å². The molecule has 0 radical (unpaired) electrons. The molecule has 0 saturated heterocycles. The lowest BCUT2D eigenvalue weighted by molar-refractivity contribution is 0.531. The molecule has 96 valence electrons. The van der Waals surface area contributed by atoms with Gasteiger partial charge in [-0.15, -0.1) is 5.10 Å². The van der Waals surface area contributed by atoms with Gasteiger partial charge in [-0.2, -0.15) is 0 Å². The zero-order valence-electron chi connectivity index (χ0n) is 10.1. The zero-order valence-corrected chi connectivity index (χ0v) is 12.5. The van der Waals surface area contributed by atoms with Gasteiger partial charge in [-0.3, -0.25) is 4.98 Å². The monoisotopic (exact) mass is 326 g/mol. The van der Waals surface area contributed by atoms with E-state index in [1.165, 1.54) is 11.5 Å². The summed E-state index contributed by atoms with van der Waals surface area (Å²) in [6, 6.07) is 4.31. The van der Waals surface area contributed by atoms with Crippen molar-refractivity contribution in [2.75, 3.05) is 6.54 Å². The SMILES string of the molecule is CCCNC(Cc1ccc(Br)cn1)c1cnns1. The molecular formula is C12H15BrN4S. The highest BCUT2D eigenvalue weighted by atomic mass is 79.9. The van der Waals surface area contributed by atoms with Crippen LogP contribution in [0, 0.1) is 0 Å². The lowest BCUT2D eigenvalue weighted by atomic mass is 10.1. The van der Waals surface area contributed by atoms with Crippen LogP contribution in [0.4, 0.5) is 0 Å². The van der Waals surface area contributed by atoms with Gasteiger partial charge in [0.2, 0.25) is 0 Å². The standard InChI is InChI=1S/C12H15BrN4S/c1-2-5-14-11(12-8-16-17-18-12)6-10-4-3-9(13)7-15-10/h3-4,7-8,11,14H,2,5-6H2,1H3. The minimum atomic E-state index is 0.249.